The van der Waals surface area contributed by atoms with Crippen LogP contribution in [-0.4, -0.2) is 38.6 Å². The maximum atomic E-state index is 10.6. The first-order valence-electron chi connectivity index (χ1n) is 6.75. The van der Waals surface area contributed by atoms with Crippen molar-refractivity contribution in [3.63, 3.8) is 0 Å². The maximum Gasteiger partial charge on any atom is 0.490 e. The van der Waals surface area contributed by atoms with Gasteiger partial charge in [0.15, 0.2) is 0 Å². The molecule has 1 aromatic heterocycles. The number of fused-ring (bicyclic) bond motifs is 2. The van der Waals surface area contributed by atoms with Crippen LogP contribution in [0.1, 0.15) is 26.2 Å². The predicted molar refractivity (Wildman–Crippen MR) is 68.6 cm³/mol. The van der Waals surface area contributed by atoms with Crippen LogP contribution in [-0.2, 0) is 11.3 Å². The molecule has 3 unspecified atom stereocenters. The molecule has 2 saturated heterocycles. The third-order valence-electron chi connectivity index (χ3n) is 3.84. The van der Waals surface area contributed by atoms with Gasteiger partial charge in [0.2, 0.25) is 0 Å². The number of aliphatic carboxylic acids is 1. The molecular formula is C13H18F3N3O2. The Balaban J connectivity index is 0.000000199. The van der Waals surface area contributed by atoms with E-state index >= 15 is 0 Å². The van der Waals surface area contributed by atoms with E-state index < -0.39 is 12.1 Å². The van der Waals surface area contributed by atoms with Crippen molar-refractivity contribution in [3.05, 3.63) is 18.5 Å². The number of alkyl halides is 3. The Hall–Kier alpha value is -1.57. The lowest BCUT2D eigenvalue weighted by Crippen LogP contribution is -2.69. The van der Waals surface area contributed by atoms with Crippen molar-refractivity contribution in [3.8, 4) is 0 Å². The average molecular weight is 305 g/mol. The van der Waals surface area contributed by atoms with E-state index in [1.54, 1.807) is 0 Å². The van der Waals surface area contributed by atoms with E-state index in [1.165, 1.54) is 19.3 Å². The molecule has 3 fully saturated rings. The zero-order chi connectivity index (χ0) is 15.7. The molecule has 118 valence electrons. The van der Waals surface area contributed by atoms with Gasteiger partial charge >= 0.3 is 12.1 Å². The minimum atomic E-state index is -5.08. The number of piperidine rings is 1. The Morgan fingerprint density at radius 3 is 2.57 bits per heavy atom. The molecule has 3 atom stereocenters. The summed E-state index contributed by atoms with van der Waals surface area (Å²) in [6.45, 7) is 3.41. The number of hydrogen-bond acceptors (Lipinski definition) is 3. The van der Waals surface area contributed by atoms with Gasteiger partial charge < -0.3 is 10.4 Å². The second kappa shape index (κ2) is 5.67. The molecule has 2 bridgehead atoms. The van der Waals surface area contributed by atoms with Gasteiger partial charge in [-0.1, -0.05) is 6.92 Å². The first kappa shape index (κ1) is 15.8. The smallest absolute Gasteiger partial charge is 0.475 e. The monoisotopic (exact) mass is 305 g/mol. The SMILES string of the molecule is CC1CC2CC(Cn3cccn3)(C1)N2.O=C(O)C(F)(F)F. The number of carboxylic acids is 1. The quantitative estimate of drug-likeness (QED) is 0.877. The van der Waals surface area contributed by atoms with Gasteiger partial charge in [-0.2, -0.15) is 18.3 Å². The lowest BCUT2D eigenvalue weighted by atomic mass is 9.66. The molecule has 1 aromatic rings. The van der Waals surface area contributed by atoms with E-state index in [4.69, 9.17) is 9.90 Å². The highest BCUT2D eigenvalue weighted by atomic mass is 19.4. The summed E-state index contributed by atoms with van der Waals surface area (Å²) in [5.41, 5.74) is 0.369. The summed E-state index contributed by atoms with van der Waals surface area (Å²) in [4.78, 5) is 8.90. The summed E-state index contributed by atoms with van der Waals surface area (Å²) in [6.07, 6.45) is 2.85. The first-order valence-corrected chi connectivity index (χ1v) is 6.75. The molecule has 2 N–H and O–H groups in total. The third kappa shape index (κ3) is 3.96. The minimum absolute atomic E-state index is 0.369. The minimum Gasteiger partial charge on any atom is -0.475 e. The zero-order valence-electron chi connectivity index (χ0n) is 11.6. The van der Waals surface area contributed by atoms with Crippen molar-refractivity contribution in [2.45, 2.75) is 50.5 Å². The fraction of sp³-hybridized carbons (Fsp3) is 0.692. The Morgan fingerprint density at radius 1 is 1.52 bits per heavy atom. The summed E-state index contributed by atoms with van der Waals surface area (Å²) in [5, 5.41) is 15.1. The molecule has 0 spiro atoms. The zero-order valence-corrected chi connectivity index (χ0v) is 11.6. The van der Waals surface area contributed by atoms with E-state index in [0.29, 0.717) is 5.54 Å². The van der Waals surface area contributed by atoms with E-state index in [0.717, 1.165) is 18.5 Å². The van der Waals surface area contributed by atoms with Gasteiger partial charge in [-0.05, 0) is 31.2 Å². The summed E-state index contributed by atoms with van der Waals surface area (Å²) >= 11 is 0. The van der Waals surface area contributed by atoms with Crippen LogP contribution < -0.4 is 5.32 Å². The summed E-state index contributed by atoms with van der Waals surface area (Å²) in [5.74, 6) is -1.88. The number of halogens is 3. The second-order valence-electron chi connectivity index (χ2n) is 5.88. The molecule has 1 saturated carbocycles. The van der Waals surface area contributed by atoms with Gasteiger partial charge in [0.25, 0.3) is 0 Å². The Kier molecular flexibility index (Phi) is 4.27. The van der Waals surface area contributed by atoms with Crippen molar-refractivity contribution in [2.75, 3.05) is 0 Å². The van der Waals surface area contributed by atoms with Gasteiger partial charge in [-0.25, -0.2) is 4.79 Å². The van der Waals surface area contributed by atoms with Gasteiger partial charge in [-0.15, -0.1) is 0 Å². The highest BCUT2D eigenvalue weighted by molar-refractivity contribution is 5.73. The van der Waals surface area contributed by atoms with Crippen molar-refractivity contribution in [1.29, 1.82) is 0 Å². The molecule has 2 aliphatic heterocycles. The van der Waals surface area contributed by atoms with E-state index in [-0.39, 0.29) is 0 Å². The Bertz CT molecular complexity index is 481. The molecule has 0 radical (unpaired) electrons. The molecular weight excluding hydrogens is 287 g/mol. The van der Waals surface area contributed by atoms with Gasteiger partial charge in [-0.3, -0.25) is 4.68 Å². The fourth-order valence-corrected chi connectivity index (χ4v) is 3.28. The largest absolute Gasteiger partial charge is 0.490 e. The number of nitrogens with one attached hydrogen (secondary N) is 1. The second-order valence-corrected chi connectivity index (χ2v) is 5.88. The lowest BCUT2D eigenvalue weighted by Gasteiger charge is -2.56. The molecule has 0 aromatic carbocycles. The Labute approximate surface area is 120 Å². The van der Waals surface area contributed by atoms with Crippen LogP contribution in [0.2, 0.25) is 0 Å². The number of carbonyl (C=O) groups is 1. The molecule has 3 aliphatic rings. The number of hydrogen-bond donors (Lipinski definition) is 2. The third-order valence-corrected chi connectivity index (χ3v) is 3.84. The van der Waals surface area contributed by atoms with Crippen LogP contribution in [0.25, 0.3) is 0 Å². The summed E-state index contributed by atoms with van der Waals surface area (Å²) in [6, 6.07) is 2.79. The standard InChI is InChI=1S/C11H17N3.C2HF3O2/c1-9-5-10-7-11(6-9,13-10)8-14-4-2-3-12-14;3-2(4,5)1(6)7/h2-4,9-10,13H,5-8H2,1H3;(H,6,7). The van der Waals surface area contributed by atoms with Crippen LogP contribution in [0.3, 0.4) is 0 Å². The van der Waals surface area contributed by atoms with Crippen LogP contribution >= 0.6 is 0 Å². The molecule has 3 heterocycles. The normalized spacial score (nSPS) is 30.9. The highest BCUT2D eigenvalue weighted by Crippen LogP contribution is 2.41. The topological polar surface area (TPSA) is 67.2 Å². The number of aromatic nitrogens is 2. The van der Waals surface area contributed by atoms with Crippen molar-refractivity contribution in [1.82, 2.24) is 15.1 Å². The van der Waals surface area contributed by atoms with Crippen molar-refractivity contribution >= 4 is 5.97 Å². The van der Waals surface area contributed by atoms with Gasteiger partial charge in [0.1, 0.15) is 0 Å². The van der Waals surface area contributed by atoms with Gasteiger partial charge in [0.05, 0.1) is 6.54 Å². The lowest BCUT2D eigenvalue weighted by molar-refractivity contribution is -0.192. The highest BCUT2D eigenvalue weighted by Gasteiger charge is 2.48. The molecule has 0 amide bonds. The van der Waals surface area contributed by atoms with Gasteiger partial charge in [0, 0.05) is 24.0 Å². The molecule has 5 nitrogen and oxygen atoms in total. The first-order chi connectivity index (χ1) is 9.70. The average Bonchev–Trinajstić information content (AvgIpc) is 2.78. The molecule has 8 heteroatoms. The molecule has 21 heavy (non-hydrogen) atoms. The summed E-state index contributed by atoms with van der Waals surface area (Å²) < 4.78 is 33.8. The van der Waals surface area contributed by atoms with Crippen LogP contribution in [0.4, 0.5) is 13.2 Å². The summed E-state index contributed by atoms with van der Waals surface area (Å²) in [7, 11) is 0. The van der Waals surface area contributed by atoms with E-state index in [2.05, 4.69) is 28.2 Å². The number of nitrogens with zero attached hydrogens (tertiary/aromatic N) is 2. The number of carboxylic acid groups (broad SMARTS) is 1. The fourth-order valence-electron chi connectivity index (χ4n) is 3.28. The van der Waals surface area contributed by atoms with E-state index in [9.17, 15) is 13.2 Å². The number of rotatable bonds is 2. The van der Waals surface area contributed by atoms with Crippen molar-refractivity contribution < 1.29 is 23.1 Å². The predicted octanol–water partition coefficient (Wildman–Crippen LogP) is 2.05. The van der Waals surface area contributed by atoms with Crippen LogP contribution in [0.15, 0.2) is 18.5 Å². The molecule has 1 aliphatic carbocycles. The van der Waals surface area contributed by atoms with Crippen LogP contribution in [0, 0.1) is 5.92 Å². The van der Waals surface area contributed by atoms with Crippen molar-refractivity contribution in [2.24, 2.45) is 5.92 Å². The maximum absolute atomic E-state index is 10.6. The van der Waals surface area contributed by atoms with Crippen LogP contribution in [0.5, 0.6) is 0 Å². The molecule has 4 rings (SSSR count). The Morgan fingerprint density at radius 2 is 2.14 bits per heavy atom. The van der Waals surface area contributed by atoms with E-state index in [1.807, 2.05) is 12.3 Å².